The molecule has 1 atom stereocenters. The van der Waals surface area contributed by atoms with Crippen molar-refractivity contribution in [2.45, 2.75) is 22.2 Å². The van der Waals surface area contributed by atoms with Gasteiger partial charge in [0.05, 0.1) is 0 Å². The van der Waals surface area contributed by atoms with Crippen LogP contribution in [0.15, 0.2) is 39.0 Å². The summed E-state index contributed by atoms with van der Waals surface area (Å²) in [5.41, 5.74) is 0.704. The van der Waals surface area contributed by atoms with E-state index in [1.165, 1.54) is 17.8 Å². The Bertz CT molecular complexity index is 485. The van der Waals surface area contributed by atoms with Crippen molar-refractivity contribution < 1.29 is 4.39 Å². The van der Waals surface area contributed by atoms with Crippen LogP contribution in [0, 0.1) is 5.82 Å². The van der Waals surface area contributed by atoms with Gasteiger partial charge in [-0.1, -0.05) is 17.8 Å². The third-order valence-corrected chi connectivity index (χ3v) is 4.45. The molecule has 0 aliphatic carbocycles. The topological polar surface area (TPSA) is 24.9 Å². The van der Waals surface area contributed by atoms with Gasteiger partial charge in [0.1, 0.15) is 5.82 Å². The predicted octanol–water partition coefficient (Wildman–Crippen LogP) is 3.71. The molecule has 0 aliphatic rings. The van der Waals surface area contributed by atoms with Gasteiger partial charge in [0.2, 0.25) is 0 Å². The second kappa shape index (κ2) is 5.62. The second-order valence-electron chi connectivity index (χ2n) is 3.56. The van der Waals surface area contributed by atoms with Crippen LogP contribution >= 0.6 is 23.1 Å². The number of halogens is 1. The van der Waals surface area contributed by atoms with E-state index in [1.54, 1.807) is 23.6 Å². The van der Waals surface area contributed by atoms with Gasteiger partial charge < -0.3 is 5.32 Å². The molecule has 1 aromatic carbocycles. The summed E-state index contributed by atoms with van der Waals surface area (Å²) in [4.78, 5) is 5.12. The van der Waals surface area contributed by atoms with Crippen LogP contribution in [0.4, 0.5) is 4.39 Å². The van der Waals surface area contributed by atoms with Gasteiger partial charge in [-0.2, -0.15) is 0 Å². The summed E-state index contributed by atoms with van der Waals surface area (Å²) in [5.74, 6) is -0.173. The molecule has 0 saturated heterocycles. The molecule has 2 rings (SSSR count). The zero-order chi connectivity index (χ0) is 12.3. The van der Waals surface area contributed by atoms with Gasteiger partial charge in [-0.3, -0.25) is 0 Å². The van der Waals surface area contributed by atoms with Crippen molar-refractivity contribution in [3.8, 4) is 0 Å². The van der Waals surface area contributed by atoms with Gasteiger partial charge in [0.15, 0.2) is 4.34 Å². The Balaban J connectivity index is 2.36. The minimum absolute atomic E-state index is 0.0151. The minimum Gasteiger partial charge on any atom is -0.313 e. The molecule has 0 bridgehead atoms. The maximum Gasteiger partial charge on any atom is 0.154 e. The number of hydrogen-bond acceptors (Lipinski definition) is 4. The van der Waals surface area contributed by atoms with Crippen LogP contribution in [0.5, 0.6) is 0 Å². The lowest BCUT2D eigenvalue weighted by Crippen LogP contribution is -2.14. The lowest BCUT2D eigenvalue weighted by molar-refractivity contribution is 0.552. The van der Waals surface area contributed by atoms with Gasteiger partial charge in [-0.15, -0.1) is 11.3 Å². The fraction of sp³-hybridized carbons (Fsp3) is 0.250. The molecule has 0 aliphatic heterocycles. The van der Waals surface area contributed by atoms with Crippen LogP contribution in [-0.2, 0) is 0 Å². The fourth-order valence-electron chi connectivity index (χ4n) is 1.53. The monoisotopic (exact) mass is 268 g/mol. The molecule has 1 aromatic heterocycles. The molecule has 0 fully saturated rings. The molecule has 17 heavy (non-hydrogen) atoms. The summed E-state index contributed by atoms with van der Waals surface area (Å²) in [6.45, 7) is 1.95. The quantitative estimate of drug-likeness (QED) is 0.915. The van der Waals surface area contributed by atoms with E-state index in [9.17, 15) is 4.39 Å². The Kier molecular flexibility index (Phi) is 4.15. The standard InChI is InChI=1S/C12H13FN2S2/c1-8(14-2)11-9(13)4-3-5-10(11)17-12-15-6-7-16-12/h3-8,14H,1-2H3. The van der Waals surface area contributed by atoms with Crippen LogP contribution in [0.2, 0.25) is 0 Å². The van der Waals surface area contributed by atoms with E-state index in [4.69, 9.17) is 0 Å². The van der Waals surface area contributed by atoms with Crippen molar-refractivity contribution in [2.75, 3.05) is 7.05 Å². The smallest absolute Gasteiger partial charge is 0.154 e. The van der Waals surface area contributed by atoms with E-state index in [0.717, 1.165) is 9.24 Å². The van der Waals surface area contributed by atoms with Crippen LogP contribution in [0.3, 0.4) is 0 Å². The van der Waals surface area contributed by atoms with Crippen LogP contribution in [0.1, 0.15) is 18.5 Å². The Morgan fingerprint density at radius 2 is 2.29 bits per heavy atom. The molecule has 2 aromatic rings. The molecule has 2 nitrogen and oxygen atoms in total. The Hall–Kier alpha value is -0.910. The van der Waals surface area contributed by atoms with E-state index >= 15 is 0 Å². The molecule has 0 amide bonds. The largest absolute Gasteiger partial charge is 0.313 e. The summed E-state index contributed by atoms with van der Waals surface area (Å²) < 4.78 is 14.8. The molecule has 5 heteroatoms. The van der Waals surface area contributed by atoms with E-state index < -0.39 is 0 Å². The van der Waals surface area contributed by atoms with Gasteiger partial charge in [0, 0.05) is 28.1 Å². The average Bonchev–Trinajstić information content (AvgIpc) is 2.81. The van der Waals surface area contributed by atoms with Crippen LogP contribution in [0.25, 0.3) is 0 Å². The van der Waals surface area contributed by atoms with E-state index in [0.29, 0.717) is 5.56 Å². The van der Waals surface area contributed by atoms with E-state index in [1.807, 2.05) is 25.4 Å². The highest BCUT2D eigenvalue weighted by molar-refractivity contribution is 8.01. The minimum atomic E-state index is -0.173. The van der Waals surface area contributed by atoms with Crippen molar-refractivity contribution in [1.82, 2.24) is 10.3 Å². The van der Waals surface area contributed by atoms with Crippen molar-refractivity contribution in [1.29, 1.82) is 0 Å². The van der Waals surface area contributed by atoms with Crippen LogP contribution < -0.4 is 5.32 Å². The zero-order valence-electron chi connectivity index (χ0n) is 9.61. The highest BCUT2D eigenvalue weighted by Gasteiger charge is 2.15. The van der Waals surface area contributed by atoms with Gasteiger partial charge in [-0.05, 0) is 26.1 Å². The first-order chi connectivity index (χ1) is 8.22. The number of nitrogens with one attached hydrogen (secondary N) is 1. The number of benzene rings is 1. The maximum atomic E-state index is 13.8. The number of rotatable bonds is 4. The van der Waals surface area contributed by atoms with Gasteiger partial charge >= 0.3 is 0 Å². The molecular formula is C12H13FN2S2. The lowest BCUT2D eigenvalue weighted by atomic mass is 10.1. The Labute approximate surface area is 108 Å². The van der Waals surface area contributed by atoms with Crippen molar-refractivity contribution >= 4 is 23.1 Å². The van der Waals surface area contributed by atoms with Crippen molar-refractivity contribution in [3.63, 3.8) is 0 Å². The number of nitrogens with zero attached hydrogens (tertiary/aromatic N) is 1. The fourth-order valence-corrected chi connectivity index (χ4v) is 3.35. The lowest BCUT2D eigenvalue weighted by Gasteiger charge is -2.15. The Morgan fingerprint density at radius 3 is 2.94 bits per heavy atom. The second-order valence-corrected chi connectivity index (χ2v) is 5.75. The van der Waals surface area contributed by atoms with Crippen molar-refractivity contribution in [2.24, 2.45) is 0 Å². The molecule has 0 spiro atoms. The van der Waals surface area contributed by atoms with Gasteiger partial charge in [-0.25, -0.2) is 9.37 Å². The molecule has 0 saturated carbocycles. The van der Waals surface area contributed by atoms with Gasteiger partial charge in [0.25, 0.3) is 0 Å². The van der Waals surface area contributed by atoms with Crippen molar-refractivity contribution in [3.05, 3.63) is 41.2 Å². The first-order valence-corrected chi connectivity index (χ1v) is 6.95. The number of hydrogen-bond donors (Lipinski definition) is 1. The zero-order valence-corrected chi connectivity index (χ0v) is 11.2. The molecule has 0 radical (unpaired) electrons. The highest BCUT2D eigenvalue weighted by atomic mass is 32.2. The summed E-state index contributed by atoms with van der Waals surface area (Å²) in [6.07, 6.45) is 1.76. The third kappa shape index (κ3) is 2.86. The molecule has 1 unspecified atom stereocenters. The summed E-state index contributed by atoms with van der Waals surface area (Å²) in [6, 6.07) is 5.14. The third-order valence-electron chi connectivity index (χ3n) is 2.49. The predicted molar refractivity (Wildman–Crippen MR) is 70.1 cm³/mol. The first-order valence-electron chi connectivity index (χ1n) is 5.25. The Morgan fingerprint density at radius 1 is 1.47 bits per heavy atom. The summed E-state index contributed by atoms with van der Waals surface area (Å²) in [5, 5.41) is 4.99. The molecule has 1 heterocycles. The highest BCUT2D eigenvalue weighted by Crippen LogP contribution is 2.35. The molecule has 90 valence electrons. The molecule has 1 N–H and O–H groups in total. The first kappa shape index (κ1) is 12.5. The molecular weight excluding hydrogens is 255 g/mol. The van der Waals surface area contributed by atoms with E-state index in [2.05, 4.69) is 10.3 Å². The number of thiazole rings is 1. The number of aromatic nitrogens is 1. The van der Waals surface area contributed by atoms with E-state index in [-0.39, 0.29) is 11.9 Å². The SMILES string of the molecule is CNC(C)c1c(F)cccc1Sc1nccs1. The summed E-state index contributed by atoms with van der Waals surface area (Å²) >= 11 is 3.07. The van der Waals surface area contributed by atoms with Crippen LogP contribution in [-0.4, -0.2) is 12.0 Å². The summed E-state index contributed by atoms with van der Waals surface area (Å²) in [7, 11) is 1.83. The maximum absolute atomic E-state index is 13.8. The average molecular weight is 268 g/mol. The normalized spacial score (nSPS) is 12.6.